The standard InChI is InChI=1S/C6H12BrNO4S/c1-2-12-6(9)3-4-8-13(10,11)5-7/h8H,2-5H2,1H3. The zero-order valence-electron chi connectivity index (χ0n) is 7.25. The van der Waals surface area contributed by atoms with Crippen molar-refractivity contribution in [3.05, 3.63) is 0 Å². The molecule has 0 fully saturated rings. The molecular formula is C6H12BrNO4S. The van der Waals surface area contributed by atoms with Gasteiger partial charge >= 0.3 is 5.97 Å². The van der Waals surface area contributed by atoms with Gasteiger partial charge in [-0.1, -0.05) is 15.9 Å². The lowest BCUT2D eigenvalue weighted by atomic mass is 10.4. The van der Waals surface area contributed by atoms with E-state index in [0.717, 1.165) is 0 Å². The van der Waals surface area contributed by atoms with E-state index in [1.165, 1.54) is 0 Å². The van der Waals surface area contributed by atoms with Crippen LogP contribution < -0.4 is 4.72 Å². The molecule has 0 heterocycles. The zero-order valence-corrected chi connectivity index (χ0v) is 9.65. The Hall–Kier alpha value is -0.140. The van der Waals surface area contributed by atoms with Crippen LogP contribution in [-0.2, 0) is 19.6 Å². The first-order valence-corrected chi connectivity index (χ1v) is 6.48. The second-order valence-corrected chi connectivity index (χ2v) is 5.28. The number of sulfonamides is 1. The fourth-order valence-electron chi connectivity index (χ4n) is 0.580. The molecule has 0 unspecified atom stereocenters. The lowest BCUT2D eigenvalue weighted by molar-refractivity contribution is -0.142. The third kappa shape index (κ3) is 6.97. The van der Waals surface area contributed by atoms with E-state index in [1.807, 2.05) is 0 Å². The van der Waals surface area contributed by atoms with Gasteiger partial charge in [0.25, 0.3) is 0 Å². The van der Waals surface area contributed by atoms with Gasteiger partial charge in [0.05, 0.1) is 13.0 Å². The van der Waals surface area contributed by atoms with Crippen LogP contribution in [0.5, 0.6) is 0 Å². The second-order valence-electron chi connectivity index (χ2n) is 2.17. The quantitative estimate of drug-likeness (QED) is 0.555. The molecule has 0 bridgehead atoms. The second kappa shape index (κ2) is 6.33. The van der Waals surface area contributed by atoms with Gasteiger partial charge in [0.15, 0.2) is 0 Å². The van der Waals surface area contributed by atoms with E-state index in [-0.39, 0.29) is 17.6 Å². The summed E-state index contributed by atoms with van der Waals surface area (Å²) in [5.41, 5.74) is 0. The SMILES string of the molecule is CCOC(=O)CCNS(=O)(=O)CBr. The maximum absolute atomic E-state index is 10.8. The van der Waals surface area contributed by atoms with Gasteiger partial charge in [0, 0.05) is 6.54 Å². The van der Waals surface area contributed by atoms with Gasteiger partial charge in [0.1, 0.15) is 4.66 Å². The molecule has 0 aliphatic heterocycles. The van der Waals surface area contributed by atoms with Crippen LogP contribution in [0.3, 0.4) is 0 Å². The van der Waals surface area contributed by atoms with Crippen LogP contribution >= 0.6 is 15.9 Å². The van der Waals surface area contributed by atoms with Crippen molar-refractivity contribution in [2.24, 2.45) is 0 Å². The number of alkyl halides is 1. The Morgan fingerprint density at radius 1 is 1.54 bits per heavy atom. The average molecular weight is 274 g/mol. The molecule has 0 rings (SSSR count). The Labute approximate surface area is 86.0 Å². The van der Waals surface area contributed by atoms with Gasteiger partial charge < -0.3 is 4.74 Å². The van der Waals surface area contributed by atoms with Gasteiger partial charge in [-0.05, 0) is 6.92 Å². The van der Waals surface area contributed by atoms with Crippen LogP contribution in [0.4, 0.5) is 0 Å². The fraction of sp³-hybridized carbons (Fsp3) is 0.833. The average Bonchev–Trinajstić information content (AvgIpc) is 2.05. The molecule has 0 saturated heterocycles. The number of carbonyl (C=O) groups is 1. The maximum atomic E-state index is 10.8. The molecule has 0 saturated carbocycles. The smallest absolute Gasteiger partial charge is 0.307 e. The van der Waals surface area contributed by atoms with Crippen molar-refractivity contribution < 1.29 is 17.9 Å². The molecule has 0 aliphatic rings. The summed E-state index contributed by atoms with van der Waals surface area (Å²) in [6.45, 7) is 2.08. The third-order valence-electron chi connectivity index (χ3n) is 1.10. The molecule has 0 radical (unpaired) electrons. The molecule has 78 valence electrons. The van der Waals surface area contributed by atoms with Crippen LogP contribution in [0.25, 0.3) is 0 Å². The van der Waals surface area contributed by atoms with Gasteiger partial charge in [-0.2, -0.15) is 0 Å². The maximum Gasteiger partial charge on any atom is 0.307 e. The highest BCUT2D eigenvalue weighted by molar-refractivity contribution is 9.10. The Balaban J connectivity index is 3.62. The van der Waals surface area contributed by atoms with E-state index < -0.39 is 16.0 Å². The normalized spacial score (nSPS) is 11.2. The van der Waals surface area contributed by atoms with Gasteiger partial charge in [0.2, 0.25) is 10.0 Å². The molecule has 0 aromatic heterocycles. The van der Waals surface area contributed by atoms with Crippen LogP contribution in [0.1, 0.15) is 13.3 Å². The van der Waals surface area contributed by atoms with Crippen molar-refractivity contribution in [1.82, 2.24) is 4.72 Å². The number of hydrogen-bond acceptors (Lipinski definition) is 4. The molecule has 0 amide bonds. The zero-order chi connectivity index (χ0) is 10.3. The van der Waals surface area contributed by atoms with Crippen molar-refractivity contribution >= 4 is 31.9 Å². The van der Waals surface area contributed by atoms with Crippen LogP contribution in [0.2, 0.25) is 0 Å². The van der Waals surface area contributed by atoms with E-state index >= 15 is 0 Å². The summed E-state index contributed by atoms with van der Waals surface area (Å²) in [5.74, 6) is -0.403. The number of carbonyl (C=O) groups excluding carboxylic acids is 1. The number of hydrogen-bond donors (Lipinski definition) is 1. The number of rotatable bonds is 6. The van der Waals surface area contributed by atoms with Crippen molar-refractivity contribution in [3.8, 4) is 0 Å². The van der Waals surface area contributed by atoms with Gasteiger partial charge in [-0.25, -0.2) is 13.1 Å². The summed E-state index contributed by atoms with van der Waals surface area (Å²) in [4.78, 5) is 10.7. The first-order valence-electron chi connectivity index (χ1n) is 3.70. The van der Waals surface area contributed by atoms with E-state index in [9.17, 15) is 13.2 Å². The number of nitrogens with one attached hydrogen (secondary N) is 1. The highest BCUT2D eigenvalue weighted by Crippen LogP contribution is 1.91. The molecule has 0 atom stereocenters. The molecule has 0 aromatic rings. The van der Waals surface area contributed by atoms with Crippen molar-refractivity contribution in [1.29, 1.82) is 0 Å². The van der Waals surface area contributed by atoms with Crippen molar-refractivity contribution in [2.45, 2.75) is 13.3 Å². The summed E-state index contributed by atoms with van der Waals surface area (Å²) in [6.07, 6.45) is 0.0556. The van der Waals surface area contributed by atoms with Gasteiger partial charge in [-0.15, -0.1) is 0 Å². The largest absolute Gasteiger partial charge is 0.466 e. The Bertz CT molecular complexity index is 251. The third-order valence-corrected chi connectivity index (χ3v) is 3.84. The first kappa shape index (κ1) is 12.9. The Morgan fingerprint density at radius 3 is 2.62 bits per heavy atom. The van der Waals surface area contributed by atoms with Crippen molar-refractivity contribution in [3.63, 3.8) is 0 Å². The Morgan fingerprint density at radius 2 is 2.15 bits per heavy atom. The first-order chi connectivity index (χ1) is 6.02. The lowest BCUT2D eigenvalue weighted by Crippen LogP contribution is -2.27. The molecule has 7 heteroatoms. The fourth-order valence-corrected chi connectivity index (χ4v) is 1.56. The number of ether oxygens (including phenoxy) is 1. The monoisotopic (exact) mass is 273 g/mol. The summed E-state index contributed by atoms with van der Waals surface area (Å²) >= 11 is 2.80. The van der Waals surface area contributed by atoms with Crippen LogP contribution in [0, 0.1) is 0 Å². The topological polar surface area (TPSA) is 72.5 Å². The predicted octanol–water partition coefficient (Wildman–Crippen LogP) is 0.211. The van der Waals surface area contributed by atoms with E-state index in [2.05, 4.69) is 25.4 Å². The minimum atomic E-state index is -3.27. The summed E-state index contributed by atoms with van der Waals surface area (Å²) < 4.78 is 28.3. The highest BCUT2D eigenvalue weighted by Gasteiger charge is 2.08. The molecule has 1 N–H and O–H groups in total. The minimum absolute atomic E-state index is 0.0556. The predicted molar refractivity (Wildman–Crippen MR) is 52.0 cm³/mol. The van der Waals surface area contributed by atoms with Crippen LogP contribution in [0.15, 0.2) is 0 Å². The number of halogens is 1. The van der Waals surface area contributed by atoms with E-state index in [0.29, 0.717) is 6.61 Å². The molecule has 5 nitrogen and oxygen atoms in total. The van der Waals surface area contributed by atoms with Crippen molar-refractivity contribution in [2.75, 3.05) is 17.8 Å². The Kier molecular flexibility index (Phi) is 6.27. The highest BCUT2D eigenvalue weighted by atomic mass is 79.9. The van der Waals surface area contributed by atoms with Gasteiger partial charge in [-0.3, -0.25) is 4.79 Å². The summed E-state index contributed by atoms with van der Waals surface area (Å²) in [5, 5.41) is 0. The molecule has 0 spiro atoms. The molecular weight excluding hydrogens is 262 g/mol. The lowest BCUT2D eigenvalue weighted by Gasteiger charge is -2.03. The van der Waals surface area contributed by atoms with Crippen LogP contribution in [-0.4, -0.2) is 32.2 Å². The minimum Gasteiger partial charge on any atom is -0.466 e. The molecule has 0 aliphatic carbocycles. The molecule has 0 aromatic carbocycles. The van der Waals surface area contributed by atoms with E-state index in [1.54, 1.807) is 6.92 Å². The summed E-state index contributed by atoms with van der Waals surface area (Å²) in [6, 6.07) is 0. The van der Waals surface area contributed by atoms with E-state index in [4.69, 9.17) is 0 Å². The summed E-state index contributed by atoms with van der Waals surface area (Å²) in [7, 11) is -3.27. The number of esters is 1. The molecule has 13 heavy (non-hydrogen) atoms.